The van der Waals surface area contributed by atoms with Gasteiger partial charge in [-0.05, 0) is 50.1 Å². The Hall–Kier alpha value is -2.76. The highest BCUT2D eigenvalue weighted by atomic mass is 16.5. The molecule has 0 saturated carbocycles. The summed E-state index contributed by atoms with van der Waals surface area (Å²) in [5.41, 5.74) is 1.93. The number of methoxy groups -OCH3 is 1. The van der Waals surface area contributed by atoms with Gasteiger partial charge in [0.1, 0.15) is 5.75 Å². The highest BCUT2D eigenvalue weighted by molar-refractivity contribution is 5.80. The summed E-state index contributed by atoms with van der Waals surface area (Å²) in [6.07, 6.45) is 8.47. The van der Waals surface area contributed by atoms with Crippen LogP contribution in [0.15, 0.2) is 53.7 Å². The first-order chi connectivity index (χ1) is 12.3. The molecule has 1 aliphatic rings. The molecule has 3 rings (SSSR count). The minimum absolute atomic E-state index is 0.439. The SMILES string of the molecule is CCNC(=NCc1ccn(-c2ccc(OC)cc2)n1)NC1CC=CC1. The molecule has 0 unspecified atom stereocenters. The van der Waals surface area contributed by atoms with Gasteiger partial charge >= 0.3 is 0 Å². The van der Waals surface area contributed by atoms with Crippen LogP contribution in [0.5, 0.6) is 5.75 Å². The predicted molar refractivity (Wildman–Crippen MR) is 100 cm³/mol. The van der Waals surface area contributed by atoms with E-state index in [4.69, 9.17) is 4.74 Å². The summed E-state index contributed by atoms with van der Waals surface area (Å²) in [7, 11) is 1.66. The molecule has 1 aliphatic carbocycles. The Labute approximate surface area is 148 Å². The molecule has 2 aromatic rings. The van der Waals surface area contributed by atoms with Crippen molar-refractivity contribution >= 4 is 5.96 Å². The van der Waals surface area contributed by atoms with Crippen molar-refractivity contribution in [1.82, 2.24) is 20.4 Å². The maximum atomic E-state index is 5.19. The number of aliphatic imine (C=N–C) groups is 1. The molecule has 1 heterocycles. The number of guanidine groups is 1. The topological polar surface area (TPSA) is 63.5 Å². The Bertz CT molecular complexity index is 725. The van der Waals surface area contributed by atoms with E-state index in [1.54, 1.807) is 7.11 Å². The van der Waals surface area contributed by atoms with Gasteiger partial charge in [-0.3, -0.25) is 0 Å². The van der Waals surface area contributed by atoms with Crippen molar-refractivity contribution < 1.29 is 4.74 Å². The molecule has 1 aromatic carbocycles. The molecule has 6 nitrogen and oxygen atoms in total. The Morgan fingerprint density at radius 2 is 2.00 bits per heavy atom. The van der Waals surface area contributed by atoms with Crippen LogP contribution in [0, 0.1) is 0 Å². The van der Waals surface area contributed by atoms with E-state index in [-0.39, 0.29) is 0 Å². The summed E-state index contributed by atoms with van der Waals surface area (Å²) in [4.78, 5) is 4.65. The monoisotopic (exact) mass is 339 g/mol. The first kappa shape index (κ1) is 17.1. The molecular formula is C19H25N5O. The summed E-state index contributed by atoms with van der Waals surface area (Å²) in [6.45, 7) is 3.45. The number of benzene rings is 1. The van der Waals surface area contributed by atoms with Gasteiger partial charge in [-0.2, -0.15) is 5.10 Å². The number of rotatable bonds is 6. The van der Waals surface area contributed by atoms with Crippen molar-refractivity contribution in [2.75, 3.05) is 13.7 Å². The lowest BCUT2D eigenvalue weighted by Gasteiger charge is -2.16. The normalized spacial score (nSPS) is 14.7. The van der Waals surface area contributed by atoms with Crippen LogP contribution in [0.1, 0.15) is 25.5 Å². The molecule has 0 atom stereocenters. The second-order valence-corrected chi connectivity index (χ2v) is 5.93. The quantitative estimate of drug-likeness (QED) is 0.482. The van der Waals surface area contributed by atoms with Crippen LogP contribution in [-0.4, -0.2) is 35.4 Å². The molecule has 0 radical (unpaired) electrons. The second-order valence-electron chi connectivity index (χ2n) is 5.93. The van der Waals surface area contributed by atoms with E-state index in [1.165, 1.54) is 0 Å². The number of nitrogens with one attached hydrogen (secondary N) is 2. The predicted octanol–water partition coefficient (Wildman–Crippen LogP) is 2.65. The van der Waals surface area contributed by atoms with E-state index < -0.39 is 0 Å². The van der Waals surface area contributed by atoms with E-state index in [9.17, 15) is 0 Å². The van der Waals surface area contributed by atoms with Crippen molar-refractivity contribution in [2.45, 2.75) is 32.4 Å². The van der Waals surface area contributed by atoms with Gasteiger partial charge in [-0.1, -0.05) is 12.2 Å². The van der Waals surface area contributed by atoms with E-state index in [0.717, 1.165) is 42.5 Å². The van der Waals surface area contributed by atoms with Crippen molar-refractivity contribution in [3.63, 3.8) is 0 Å². The van der Waals surface area contributed by atoms with Crippen molar-refractivity contribution in [3.05, 3.63) is 54.4 Å². The first-order valence-corrected chi connectivity index (χ1v) is 8.67. The van der Waals surface area contributed by atoms with Gasteiger partial charge in [0.2, 0.25) is 0 Å². The maximum absolute atomic E-state index is 5.19. The zero-order valence-electron chi connectivity index (χ0n) is 14.8. The molecule has 0 amide bonds. The number of hydrogen-bond donors (Lipinski definition) is 2. The van der Waals surface area contributed by atoms with Gasteiger partial charge in [-0.15, -0.1) is 0 Å². The lowest BCUT2D eigenvalue weighted by atomic mass is 10.2. The Morgan fingerprint density at radius 1 is 1.24 bits per heavy atom. The van der Waals surface area contributed by atoms with Crippen LogP contribution < -0.4 is 15.4 Å². The highest BCUT2D eigenvalue weighted by Gasteiger charge is 2.11. The van der Waals surface area contributed by atoms with Crippen LogP contribution in [0.2, 0.25) is 0 Å². The third-order valence-electron chi connectivity index (χ3n) is 4.07. The fraction of sp³-hybridized carbons (Fsp3) is 0.368. The number of nitrogens with zero attached hydrogens (tertiary/aromatic N) is 3. The van der Waals surface area contributed by atoms with Gasteiger partial charge in [0.15, 0.2) is 5.96 Å². The summed E-state index contributed by atoms with van der Waals surface area (Å²) in [5.74, 6) is 1.68. The molecule has 132 valence electrons. The zero-order valence-corrected chi connectivity index (χ0v) is 14.8. The van der Waals surface area contributed by atoms with Gasteiger partial charge in [0, 0.05) is 18.8 Å². The summed E-state index contributed by atoms with van der Waals surface area (Å²) in [6, 6.07) is 10.3. The number of ether oxygens (including phenoxy) is 1. The molecule has 25 heavy (non-hydrogen) atoms. The van der Waals surface area contributed by atoms with Crippen molar-refractivity contribution in [1.29, 1.82) is 0 Å². The molecule has 2 N–H and O–H groups in total. The summed E-state index contributed by atoms with van der Waals surface area (Å²) in [5, 5.41) is 11.4. The lowest BCUT2D eigenvalue weighted by molar-refractivity contribution is 0.414. The fourth-order valence-electron chi connectivity index (χ4n) is 2.73. The highest BCUT2D eigenvalue weighted by Crippen LogP contribution is 2.14. The van der Waals surface area contributed by atoms with Gasteiger partial charge in [0.25, 0.3) is 0 Å². The van der Waals surface area contributed by atoms with E-state index in [0.29, 0.717) is 12.6 Å². The smallest absolute Gasteiger partial charge is 0.191 e. The molecule has 1 aromatic heterocycles. The van der Waals surface area contributed by atoms with E-state index >= 15 is 0 Å². The Morgan fingerprint density at radius 3 is 2.68 bits per heavy atom. The zero-order chi connectivity index (χ0) is 17.5. The molecule has 0 bridgehead atoms. The van der Waals surface area contributed by atoms with Crippen LogP contribution in [0.3, 0.4) is 0 Å². The molecule has 0 aliphatic heterocycles. The Balaban J connectivity index is 1.64. The maximum Gasteiger partial charge on any atom is 0.191 e. The number of hydrogen-bond acceptors (Lipinski definition) is 3. The third-order valence-corrected chi connectivity index (χ3v) is 4.07. The minimum atomic E-state index is 0.439. The minimum Gasteiger partial charge on any atom is -0.497 e. The molecule has 0 spiro atoms. The first-order valence-electron chi connectivity index (χ1n) is 8.67. The largest absolute Gasteiger partial charge is 0.497 e. The average Bonchev–Trinajstić information content (AvgIpc) is 3.32. The van der Waals surface area contributed by atoms with Gasteiger partial charge in [-0.25, -0.2) is 9.67 Å². The van der Waals surface area contributed by atoms with Crippen LogP contribution >= 0.6 is 0 Å². The molecule has 0 fully saturated rings. The van der Waals surface area contributed by atoms with Gasteiger partial charge < -0.3 is 15.4 Å². The van der Waals surface area contributed by atoms with Crippen molar-refractivity contribution in [2.24, 2.45) is 4.99 Å². The van der Waals surface area contributed by atoms with Crippen molar-refractivity contribution in [3.8, 4) is 11.4 Å². The second kappa shape index (κ2) is 8.37. The summed E-state index contributed by atoms with van der Waals surface area (Å²) < 4.78 is 7.04. The summed E-state index contributed by atoms with van der Waals surface area (Å²) >= 11 is 0. The number of aromatic nitrogens is 2. The fourth-order valence-corrected chi connectivity index (χ4v) is 2.73. The Kier molecular flexibility index (Phi) is 5.72. The van der Waals surface area contributed by atoms with Crippen LogP contribution in [-0.2, 0) is 6.54 Å². The molecular weight excluding hydrogens is 314 g/mol. The van der Waals surface area contributed by atoms with E-state index in [2.05, 4.69) is 39.8 Å². The van der Waals surface area contributed by atoms with Gasteiger partial charge in [0.05, 0.1) is 25.0 Å². The molecule has 0 saturated heterocycles. The average molecular weight is 339 g/mol. The van der Waals surface area contributed by atoms with Crippen LogP contribution in [0.25, 0.3) is 5.69 Å². The van der Waals surface area contributed by atoms with Crippen LogP contribution in [0.4, 0.5) is 0 Å². The third kappa shape index (κ3) is 4.62. The lowest BCUT2D eigenvalue weighted by Crippen LogP contribution is -2.42. The van der Waals surface area contributed by atoms with E-state index in [1.807, 2.05) is 41.2 Å². The molecule has 6 heteroatoms. The standard InChI is InChI=1S/C19H25N5O/c1-3-20-19(22-15-6-4-5-7-15)21-14-16-12-13-24(23-16)17-8-10-18(25-2)11-9-17/h4-5,8-13,15H,3,6-7,14H2,1-2H3,(H2,20,21,22).